The third-order valence-electron chi connectivity index (χ3n) is 5.65. The SMILES string of the molecule is Cc1cc(N(C(=O)C2CCC(=O)N2)C(C)C)c(C)cc1C#CCNc1ccc(C(=N)N)cc1. The largest absolute Gasteiger partial charge is 0.384 e. The molecule has 1 aliphatic rings. The lowest BCUT2D eigenvalue weighted by Gasteiger charge is -2.31. The third kappa shape index (κ3) is 5.72. The molecule has 0 aromatic heterocycles. The van der Waals surface area contributed by atoms with Crippen LogP contribution in [-0.4, -0.2) is 36.3 Å². The van der Waals surface area contributed by atoms with E-state index in [0.717, 1.165) is 28.1 Å². The molecule has 33 heavy (non-hydrogen) atoms. The number of carbonyl (C=O) groups is 2. The van der Waals surface area contributed by atoms with Gasteiger partial charge in [0.15, 0.2) is 0 Å². The van der Waals surface area contributed by atoms with Gasteiger partial charge in [-0.2, -0.15) is 0 Å². The number of nitrogens with one attached hydrogen (secondary N) is 3. The molecule has 1 atom stereocenters. The van der Waals surface area contributed by atoms with Crippen LogP contribution in [0.3, 0.4) is 0 Å². The zero-order chi connectivity index (χ0) is 24.1. The lowest BCUT2D eigenvalue weighted by atomic mass is 10.0. The number of hydrogen-bond donors (Lipinski definition) is 4. The van der Waals surface area contributed by atoms with Gasteiger partial charge in [-0.05, 0) is 81.6 Å². The van der Waals surface area contributed by atoms with Crippen LogP contribution in [-0.2, 0) is 9.59 Å². The van der Waals surface area contributed by atoms with Crippen LogP contribution in [0, 0.1) is 31.1 Å². The average molecular weight is 446 g/mol. The molecule has 0 saturated carbocycles. The van der Waals surface area contributed by atoms with Crippen molar-refractivity contribution in [3.63, 3.8) is 0 Å². The molecule has 7 heteroatoms. The van der Waals surface area contributed by atoms with Crippen LogP contribution >= 0.6 is 0 Å². The van der Waals surface area contributed by atoms with Crippen LogP contribution in [0.4, 0.5) is 11.4 Å². The van der Waals surface area contributed by atoms with Gasteiger partial charge in [0, 0.05) is 35.0 Å². The van der Waals surface area contributed by atoms with E-state index in [-0.39, 0.29) is 23.7 Å². The lowest BCUT2D eigenvalue weighted by Crippen LogP contribution is -2.48. The standard InChI is InChI=1S/C26H31N5O2/c1-16(2)31(26(33)22-11-12-24(32)30-22)23-15-17(3)20(14-18(23)4)6-5-13-29-21-9-7-19(8-10-21)25(27)28/h7-10,14-16,22,29H,11-13H2,1-4H3,(H3,27,28)(H,30,32). The number of amides is 2. The number of rotatable bonds is 6. The molecule has 0 bridgehead atoms. The molecule has 1 fully saturated rings. The maximum atomic E-state index is 13.1. The summed E-state index contributed by atoms with van der Waals surface area (Å²) in [6.07, 6.45) is 0.927. The Kier molecular flexibility index (Phi) is 7.39. The first-order valence-corrected chi connectivity index (χ1v) is 11.1. The molecule has 2 amide bonds. The number of benzene rings is 2. The summed E-state index contributed by atoms with van der Waals surface area (Å²) in [6, 6.07) is 10.8. The minimum absolute atomic E-state index is 0.0383. The molecule has 0 aliphatic carbocycles. The molecule has 0 radical (unpaired) electrons. The van der Waals surface area contributed by atoms with Crippen LogP contribution in [0.15, 0.2) is 36.4 Å². The molecule has 172 valence electrons. The second-order valence-electron chi connectivity index (χ2n) is 8.56. The van der Waals surface area contributed by atoms with E-state index in [1.54, 1.807) is 17.0 Å². The van der Waals surface area contributed by atoms with E-state index in [1.807, 2.05) is 52.0 Å². The molecule has 1 heterocycles. The average Bonchev–Trinajstić information content (AvgIpc) is 3.20. The van der Waals surface area contributed by atoms with Crippen LogP contribution in [0.5, 0.6) is 0 Å². The Hall–Kier alpha value is -3.79. The van der Waals surface area contributed by atoms with E-state index in [2.05, 4.69) is 22.5 Å². The highest BCUT2D eigenvalue weighted by atomic mass is 16.2. The zero-order valence-electron chi connectivity index (χ0n) is 19.6. The Bertz CT molecular complexity index is 1130. The second-order valence-corrected chi connectivity index (χ2v) is 8.56. The fourth-order valence-corrected chi connectivity index (χ4v) is 3.87. The Morgan fingerprint density at radius 2 is 1.94 bits per heavy atom. The molecule has 2 aromatic carbocycles. The van der Waals surface area contributed by atoms with Gasteiger partial charge < -0.3 is 21.3 Å². The maximum absolute atomic E-state index is 13.1. The number of amidine groups is 1. The minimum Gasteiger partial charge on any atom is -0.384 e. The summed E-state index contributed by atoms with van der Waals surface area (Å²) >= 11 is 0. The number of hydrogen-bond acceptors (Lipinski definition) is 4. The number of aryl methyl sites for hydroxylation is 2. The summed E-state index contributed by atoms with van der Waals surface area (Å²) in [4.78, 5) is 26.5. The molecule has 2 aromatic rings. The van der Waals surface area contributed by atoms with E-state index in [1.165, 1.54) is 0 Å². The predicted octanol–water partition coefficient (Wildman–Crippen LogP) is 3.07. The van der Waals surface area contributed by atoms with Gasteiger partial charge >= 0.3 is 0 Å². The number of nitrogens with zero attached hydrogens (tertiary/aromatic N) is 1. The van der Waals surface area contributed by atoms with Crippen LogP contribution in [0.2, 0.25) is 0 Å². The molecule has 7 nitrogen and oxygen atoms in total. The normalized spacial score (nSPS) is 14.9. The molecule has 1 aliphatic heterocycles. The summed E-state index contributed by atoms with van der Waals surface area (Å²) < 4.78 is 0. The third-order valence-corrected chi connectivity index (χ3v) is 5.65. The van der Waals surface area contributed by atoms with Gasteiger partial charge in [-0.1, -0.05) is 11.8 Å². The van der Waals surface area contributed by atoms with Crippen LogP contribution in [0.1, 0.15) is 48.9 Å². The Morgan fingerprint density at radius 1 is 1.24 bits per heavy atom. The smallest absolute Gasteiger partial charge is 0.249 e. The van der Waals surface area contributed by atoms with Gasteiger partial charge in [-0.25, -0.2) is 0 Å². The fraction of sp³-hybridized carbons (Fsp3) is 0.346. The van der Waals surface area contributed by atoms with Crippen molar-refractivity contribution in [3.8, 4) is 11.8 Å². The predicted molar refractivity (Wildman–Crippen MR) is 133 cm³/mol. The summed E-state index contributed by atoms with van der Waals surface area (Å²) in [7, 11) is 0. The first kappa shape index (κ1) is 23.9. The fourth-order valence-electron chi connectivity index (χ4n) is 3.87. The molecule has 5 N–H and O–H groups in total. The van der Waals surface area contributed by atoms with E-state index >= 15 is 0 Å². The van der Waals surface area contributed by atoms with E-state index in [9.17, 15) is 9.59 Å². The maximum Gasteiger partial charge on any atom is 0.249 e. The van der Waals surface area contributed by atoms with Gasteiger partial charge in [0.25, 0.3) is 0 Å². The second kappa shape index (κ2) is 10.2. The van der Waals surface area contributed by atoms with Crippen molar-refractivity contribution < 1.29 is 9.59 Å². The van der Waals surface area contributed by atoms with Crippen molar-refractivity contribution >= 4 is 29.0 Å². The topological polar surface area (TPSA) is 111 Å². The Morgan fingerprint density at radius 3 is 2.52 bits per heavy atom. The van der Waals surface area contributed by atoms with Crippen LogP contribution in [0.25, 0.3) is 0 Å². The quantitative estimate of drug-likeness (QED) is 0.311. The number of anilines is 2. The first-order valence-electron chi connectivity index (χ1n) is 11.1. The van der Waals surface area contributed by atoms with E-state index in [4.69, 9.17) is 11.1 Å². The molecular weight excluding hydrogens is 414 g/mol. The van der Waals surface area contributed by atoms with E-state index < -0.39 is 6.04 Å². The minimum atomic E-state index is -0.463. The van der Waals surface area contributed by atoms with Crippen molar-refractivity contribution in [2.24, 2.45) is 5.73 Å². The van der Waals surface area contributed by atoms with Crippen molar-refractivity contribution in [3.05, 3.63) is 58.7 Å². The van der Waals surface area contributed by atoms with Crippen LogP contribution < -0.4 is 21.3 Å². The monoisotopic (exact) mass is 445 g/mol. The van der Waals surface area contributed by atoms with Gasteiger partial charge in [0.05, 0.1) is 6.54 Å². The highest BCUT2D eigenvalue weighted by Crippen LogP contribution is 2.27. The van der Waals surface area contributed by atoms with Gasteiger partial charge in [-0.3, -0.25) is 15.0 Å². The van der Waals surface area contributed by atoms with Crippen molar-refractivity contribution in [2.75, 3.05) is 16.8 Å². The van der Waals surface area contributed by atoms with Crippen molar-refractivity contribution in [2.45, 2.75) is 52.6 Å². The summed E-state index contributed by atoms with van der Waals surface area (Å²) in [5.74, 6) is 6.26. The molecule has 1 unspecified atom stereocenters. The summed E-state index contributed by atoms with van der Waals surface area (Å²) in [5.41, 5.74) is 10.8. The Balaban J connectivity index is 1.73. The number of nitrogens with two attached hydrogens (primary N) is 1. The molecule has 0 spiro atoms. The van der Waals surface area contributed by atoms with Gasteiger partial charge in [-0.15, -0.1) is 0 Å². The molecule has 1 saturated heterocycles. The zero-order valence-corrected chi connectivity index (χ0v) is 19.6. The lowest BCUT2D eigenvalue weighted by molar-refractivity contribution is -0.124. The molecular formula is C26H31N5O2. The number of nitrogen functional groups attached to an aromatic ring is 1. The highest BCUT2D eigenvalue weighted by Gasteiger charge is 2.33. The summed E-state index contributed by atoms with van der Waals surface area (Å²) in [6.45, 7) is 8.39. The Labute approximate surface area is 195 Å². The highest BCUT2D eigenvalue weighted by molar-refractivity contribution is 6.01. The van der Waals surface area contributed by atoms with Gasteiger partial charge in [0.1, 0.15) is 11.9 Å². The molecule has 3 rings (SSSR count). The van der Waals surface area contributed by atoms with Crippen molar-refractivity contribution in [1.82, 2.24) is 5.32 Å². The van der Waals surface area contributed by atoms with Crippen molar-refractivity contribution in [1.29, 1.82) is 5.41 Å². The first-order chi connectivity index (χ1) is 15.7. The van der Waals surface area contributed by atoms with Gasteiger partial charge in [0.2, 0.25) is 11.8 Å². The van der Waals surface area contributed by atoms with E-state index in [0.29, 0.717) is 24.9 Å². The number of carbonyl (C=O) groups excluding carboxylic acids is 2. The summed E-state index contributed by atoms with van der Waals surface area (Å²) in [5, 5.41) is 13.5.